The largest absolute Gasteiger partial charge is 0.496 e. The number of benzene rings is 1. The van der Waals surface area contributed by atoms with E-state index in [0.29, 0.717) is 0 Å². The van der Waals surface area contributed by atoms with Crippen LogP contribution in [0.25, 0.3) is 0 Å². The summed E-state index contributed by atoms with van der Waals surface area (Å²) in [6.07, 6.45) is 9.32. The number of nitrogens with zero attached hydrogens (tertiary/aromatic N) is 1. The van der Waals surface area contributed by atoms with Gasteiger partial charge in [0.1, 0.15) is 5.75 Å². The monoisotopic (exact) mass is 395 g/mol. The zero-order valence-electron chi connectivity index (χ0n) is 14.8. The molecule has 1 atom stereocenters. The molecule has 0 bridgehead atoms. The van der Waals surface area contributed by atoms with Crippen molar-refractivity contribution >= 4 is 15.9 Å². The van der Waals surface area contributed by atoms with Crippen molar-refractivity contribution in [2.24, 2.45) is 0 Å². The Kier molecular flexibility index (Phi) is 6.22. The fourth-order valence-electron chi connectivity index (χ4n) is 4.40. The van der Waals surface area contributed by atoms with E-state index in [1.165, 1.54) is 44.3 Å². The van der Waals surface area contributed by atoms with Crippen LogP contribution in [0.2, 0.25) is 0 Å². The average Bonchev–Trinajstić information content (AvgIpc) is 2.61. The van der Waals surface area contributed by atoms with Crippen LogP contribution >= 0.6 is 15.9 Å². The third-order valence-electron chi connectivity index (χ3n) is 5.84. The molecular weight excluding hydrogens is 366 g/mol. The fourth-order valence-corrected chi connectivity index (χ4v) is 4.96. The molecule has 4 heteroatoms. The Labute approximate surface area is 154 Å². The number of methoxy groups -OCH3 is 1. The molecule has 1 aliphatic heterocycles. The molecule has 2 aliphatic rings. The molecule has 1 heterocycles. The molecule has 24 heavy (non-hydrogen) atoms. The second-order valence-electron chi connectivity index (χ2n) is 7.47. The van der Waals surface area contributed by atoms with E-state index in [0.717, 1.165) is 42.5 Å². The topological polar surface area (TPSA) is 32.7 Å². The summed E-state index contributed by atoms with van der Waals surface area (Å²) >= 11 is 3.62. The Hall–Kier alpha value is -0.580. The molecule has 1 saturated carbocycles. The van der Waals surface area contributed by atoms with Crippen LogP contribution in [0.1, 0.15) is 62.8 Å². The van der Waals surface area contributed by atoms with Crippen LogP contribution in [0.15, 0.2) is 22.7 Å². The molecule has 0 aromatic heterocycles. The van der Waals surface area contributed by atoms with Gasteiger partial charge in [0.05, 0.1) is 17.2 Å². The van der Waals surface area contributed by atoms with Crippen molar-refractivity contribution in [3.05, 3.63) is 28.2 Å². The first kappa shape index (κ1) is 18.2. The van der Waals surface area contributed by atoms with Crippen molar-refractivity contribution in [3.63, 3.8) is 0 Å². The normalized spacial score (nSPS) is 23.0. The van der Waals surface area contributed by atoms with E-state index in [9.17, 15) is 5.11 Å². The lowest BCUT2D eigenvalue weighted by Gasteiger charge is -2.42. The van der Waals surface area contributed by atoms with Crippen molar-refractivity contribution in [1.82, 2.24) is 4.90 Å². The standard InChI is InChI=1S/C20H30BrNO2/c1-24-19-9-8-16(14-18(19)21)17(15-22-12-6-3-7-13-22)20(23)10-4-2-5-11-20/h8-9,14,17,23H,2-7,10-13,15H2,1H3. The van der Waals surface area contributed by atoms with Crippen molar-refractivity contribution in [3.8, 4) is 5.75 Å². The second kappa shape index (κ2) is 8.20. The summed E-state index contributed by atoms with van der Waals surface area (Å²) in [4.78, 5) is 2.55. The summed E-state index contributed by atoms with van der Waals surface area (Å²) < 4.78 is 6.36. The Balaban J connectivity index is 1.86. The highest BCUT2D eigenvalue weighted by Gasteiger charge is 2.39. The van der Waals surface area contributed by atoms with Gasteiger partial charge in [-0.3, -0.25) is 0 Å². The summed E-state index contributed by atoms with van der Waals surface area (Å²) in [6, 6.07) is 6.32. The molecule has 0 radical (unpaired) electrons. The number of halogens is 1. The molecule has 0 spiro atoms. The van der Waals surface area contributed by atoms with Crippen LogP contribution in [0.3, 0.4) is 0 Å². The average molecular weight is 396 g/mol. The van der Waals surface area contributed by atoms with Gasteiger partial charge in [0, 0.05) is 12.5 Å². The molecule has 1 aliphatic carbocycles. The van der Waals surface area contributed by atoms with Gasteiger partial charge in [-0.2, -0.15) is 0 Å². The fraction of sp³-hybridized carbons (Fsp3) is 0.700. The second-order valence-corrected chi connectivity index (χ2v) is 8.33. The first-order valence-corrected chi connectivity index (χ1v) is 10.2. The van der Waals surface area contributed by atoms with Crippen molar-refractivity contribution in [1.29, 1.82) is 0 Å². The Morgan fingerprint density at radius 1 is 1.12 bits per heavy atom. The van der Waals surface area contributed by atoms with Crippen LogP contribution in [-0.4, -0.2) is 42.4 Å². The molecule has 0 amide bonds. The van der Waals surface area contributed by atoms with E-state index < -0.39 is 5.60 Å². The molecule has 2 fully saturated rings. The highest BCUT2D eigenvalue weighted by Crippen LogP contribution is 2.42. The van der Waals surface area contributed by atoms with Crippen LogP contribution in [-0.2, 0) is 0 Å². The lowest BCUT2D eigenvalue weighted by Crippen LogP contribution is -2.45. The first-order chi connectivity index (χ1) is 11.6. The number of aliphatic hydroxyl groups is 1. The van der Waals surface area contributed by atoms with Crippen LogP contribution in [0.4, 0.5) is 0 Å². The molecule has 1 saturated heterocycles. The highest BCUT2D eigenvalue weighted by atomic mass is 79.9. The minimum atomic E-state index is -0.566. The SMILES string of the molecule is COc1ccc(C(CN2CCCCC2)C2(O)CCCCC2)cc1Br. The van der Waals surface area contributed by atoms with Crippen molar-refractivity contribution < 1.29 is 9.84 Å². The van der Waals surface area contributed by atoms with E-state index in [1.54, 1.807) is 7.11 Å². The first-order valence-electron chi connectivity index (χ1n) is 9.40. The number of rotatable bonds is 5. The number of hydrogen-bond acceptors (Lipinski definition) is 3. The van der Waals surface area contributed by atoms with Gasteiger partial charge in [-0.1, -0.05) is 31.7 Å². The maximum absolute atomic E-state index is 11.5. The lowest BCUT2D eigenvalue weighted by atomic mass is 9.72. The van der Waals surface area contributed by atoms with Gasteiger partial charge in [-0.15, -0.1) is 0 Å². The summed E-state index contributed by atoms with van der Waals surface area (Å²) in [6.45, 7) is 3.31. The Morgan fingerprint density at radius 2 is 1.79 bits per heavy atom. The number of likely N-dealkylation sites (tertiary alicyclic amines) is 1. The minimum absolute atomic E-state index is 0.179. The zero-order chi connectivity index (χ0) is 17.0. The predicted octanol–water partition coefficient (Wildman–Crippen LogP) is 4.72. The highest BCUT2D eigenvalue weighted by molar-refractivity contribution is 9.10. The number of ether oxygens (including phenoxy) is 1. The van der Waals surface area contributed by atoms with Gasteiger partial charge in [0.2, 0.25) is 0 Å². The summed E-state index contributed by atoms with van der Waals surface area (Å²) in [7, 11) is 1.69. The van der Waals surface area contributed by atoms with E-state index in [1.807, 2.05) is 6.07 Å². The van der Waals surface area contributed by atoms with E-state index in [4.69, 9.17) is 4.74 Å². The molecule has 3 nitrogen and oxygen atoms in total. The molecule has 1 N–H and O–H groups in total. The molecule has 1 unspecified atom stereocenters. The van der Waals surface area contributed by atoms with Crippen molar-refractivity contribution in [2.45, 2.75) is 62.9 Å². The smallest absolute Gasteiger partial charge is 0.133 e. The molecular formula is C20H30BrNO2. The Morgan fingerprint density at radius 3 is 2.42 bits per heavy atom. The van der Waals surface area contributed by atoms with Gasteiger partial charge in [0.25, 0.3) is 0 Å². The van der Waals surface area contributed by atoms with Crippen LogP contribution in [0.5, 0.6) is 5.75 Å². The van der Waals surface area contributed by atoms with Gasteiger partial charge < -0.3 is 14.7 Å². The molecule has 1 aromatic rings. The van der Waals surface area contributed by atoms with Crippen LogP contribution in [0, 0.1) is 0 Å². The third kappa shape index (κ3) is 4.14. The van der Waals surface area contributed by atoms with Crippen molar-refractivity contribution in [2.75, 3.05) is 26.7 Å². The van der Waals surface area contributed by atoms with E-state index in [2.05, 4.69) is 33.0 Å². The van der Waals surface area contributed by atoms with Gasteiger partial charge in [-0.05, 0) is 72.4 Å². The van der Waals surface area contributed by atoms with Gasteiger partial charge in [-0.25, -0.2) is 0 Å². The lowest BCUT2D eigenvalue weighted by molar-refractivity contribution is -0.0321. The third-order valence-corrected chi connectivity index (χ3v) is 6.46. The zero-order valence-corrected chi connectivity index (χ0v) is 16.4. The van der Waals surface area contributed by atoms with E-state index >= 15 is 0 Å². The number of hydrogen-bond donors (Lipinski definition) is 1. The Bertz CT molecular complexity index is 536. The molecule has 134 valence electrons. The maximum atomic E-state index is 11.5. The summed E-state index contributed by atoms with van der Waals surface area (Å²) in [5.74, 6) is 1.03. The van der Waals surface area contributed by atoms with Crippen LogP contribution < -0.4 is 4.74 Å². The molecule has 1 aromatic carbocycles. The minimum Gasteiger partial charge on any atom is -0.496 e. The molecule has 3 rings (SSSR count). The summed E-state index contributed by atoms with van der Waals surface area (Å²) in [5, 5.41) is 11.5. The van der Waals surface area contributed by atoms with E-state index in [-0.39, 0.29) is 5.92 Å². The maximum Gasteiger partial charge on any atom is 0.133 e. The predicted molar refractivity (Wildman–Crippen MR) is 102 cm³/mol. The quantitative estimate of drug-likeness (QED) is 0.782. The number of piperidine rings is 1. The summed E-state index contributed by atoms with van der Waals surface area (Å²) in [5.41, 5.74) is 0.668. The van der Waals surface area contributed by atoms with Gasteiger partial charge in [0.15, 0.2) is 0 Å². The van der Waals surface area contributed by atoms with Gasteiger partial charge >= 0.3 is 0 Å².